The average molecular weight is 284 g/mol. The lowest BCUT2D eigenvalue weighted by Gasteiger charge is -2.21. The van der Waals surface area contributed by atoms with Crippen molar-refractivity contribution in [1.82, 2.24) is 5.32 Å². The van der Waals surface area contributed by atoms with Crippen molar-refractivity contribution in [2.45, 2.75) is 19.9 Å². The molecule has 3 heteroatoms. The van der Waals surface area contributed by atoms with Gasteiger partial charge < -0.3 is 10.1 Å². The number of hydrogen-bond donors (Lipinski definition) is 1. The third kappa shape index (κ3) is 3.09. The van der Waals surface area contributed by atoms with Crippen molar-refractivity contribution < 1.29 is 4.74 Å². The van der Waals surface area contributed by atoms with E-state index in [9.17, 15) is 0 Å². The van der Waals surface area contributed by atoms with E-state index in [1.807, 2.05) is 19.1 Å². The first-order valence-electron chi connectivity index (χ1n) is 5.32. The molecule has 0 saturated carbocycles. The molecule has 0 aliphatic rings. The van der Waals surface area contributed by atoms with Crippen LogP contribution in [0, 0.1) is 0 Å². The van der Waals surface area contributed by atoms with Crippen LogP contribution in [0.15, 0.2) is 34.8 Å². The van der Waals surface area contributed by atoms with E-state index < -0.39 is 0 Å². The van der Waals surface area contributed by atoms with Gasteiger partial charge in [0.05, 0.1) is 13.2 Å². The Morgan fingerprint density at radius 2 is 2.25 bits per heavy atom. The summed E-state index contributed by atoms with van der Waals surface area (Å²) in [5, 5.41) is 3.40. The van der Waals surface area contributed by atoms with Gasteiger partial charge in [0.15, 0.2) is 0 Å². The van der Waals surface area contributed by atoms with Gasteiger partial charge in [0, 0.05) is 10.0 Å². The van der Waals surface area contributed by atoms with Crippen LogP contribution in [0.5, 0.6) is 5.75 Å². The van der Waals surface area contributed by atoms with Gasteiger partial charge in [-0.1, -0.05) is 41.1 Å². The summed E-state index contributed by atoms with van der Waals surface area (Å²) in [5.41, 5.74) is 2.21. The topological polar surface area (TPSA) is 21.3 Å². The van der Waals surface area contributed by atoms with Gasteiger partial charge in [-0.15, -0.1) is 0 Å². The minimum Gasteiger partial charge on any atom is -0.496 e. The van der Waals surface area contributed by atoms with E-state index >= 15 is 0 Å². The molecule has 1 unspecified atom stereocenters. The molecule has 1 N–H and O–H groups in total. The summed E-state index contributed by atoms with van der Waals surface area (Å²) < 4.78 is 6.41. The summed E-state index contributed by atoms with van der Waals surface area (Å²) in [6.45, 7) is 9.03. The van der Waals surface area contributed by atoms with Crippen LogP contribution in [0.4, 0.5) is 0 Å². The van der Waals surface area contributed by atoms with Crippen LogP contribution in [-0.2, 0) is 0 Å². The number of halogens is 1. The number of hydrogen-bond acceptors (Lipinski definition) is 2. The molecule has 0 heterocycles. The third-order valence-electron chi connectivity index (χ3n) is 2.41. The molecule has 0 radical (unpaired) electrons. The molecule has 1 rings (SSSR count). The molecule has 0 saturated heterocycles. The van der Waals surface area contributed by atoms with Crippen LogP contribution in [0.1, 0.15) is 25.5 Å². The quantitative estimate of drug-likeness (QED) is 0.833. The predicted molar refractivity (Wildman–Crippen MR) is 71.9 cm³/mol. The molecule has 2 nitrogen and oxygen atoms in total. The smallest absolute Gasteiger partial charge is 0.125 e. The van der Waals surface area contributed by atoms with Crippen molar-refractivity contribution in [3.05, 3.63) is 40.4 Å². The molecular formula is C13H18BrNO. The fraction of sp³-hybridized carbons (Fsp3) is 0.385. The van der Waals surface area contributed by atoms with Gasteiger partial charge in [-0.05, 0) is 25.6 Å². The fourth-order valence-corrected chi connectivity index (χ4v) is 2.02. The summed E-state index contributed by atoms with van der Waals surface area (Å²) in [7, 11) is 1.69. The van der Waals surface area contributed by atoms with E-state index in [4.69, 9.17) is 4.74 Å². The monoisotopic (exact) mass is 283 g/mol. The van der Waals surface area contributed by atoms with Gasteiger partial charge in [-0.25, -0.2) is 0 Å². The standard InChI is InChI=1S/C13H18BrNO/c1-5-15-13(9(2)3)11-7-6-10(14)8-12(11)16-4/h6-8,13,15H,2,5H2,1,3-4H3. The van der Waals surface area contributed by atoms with Crippen LogP contribution in [0.3, 0.4) is 0 Å². The summed E-state index contributed by atoms with van der Waals surface area (Å²) in [4.78, 5) is 0. The van der Waals surface area contributed by atoms with Gasteiger partial charge >= 0.3 is 0 Å². The molecule has 88 valence electrons. The van der Waals surface area contributed by atoms with Gasteiger partial charge in [0.1, 0.15) is 5.75 Å². The Labute approximate surface area is 106 Å². The van der Waals surface area contributed by atoms with E-state index in [1.165, 1.54) is 0 Å². The molecule has 1 aromatic carbocycles. The Kier molecular flexibility index (Phi) is 5.03. The Hall–Kier alpha value is -0.800. The Morgan fingerprint density at radius 1 is 1.56 bits per heavy atom. The van der Waals surface area contributed by atoms with Crippen LogP contribution >= 0.6 is 15.9 Å². The molecule has 0 aromatic heterocycles. The minimum atomic E-state index is 0.146. The van der Waals surface area contributed by atoms with Crippen LogP contribution < -0.4 is 10.1 Å². The zero-order valence-corrected chi connectivity index (χ0v) is 11.6. The van der Waals surface area contributed by atoms with E-state index in [-0.39, 0.29) is 6.04 Å². The largest absolute Gasteiger partial charge is 0.496 e. The number of nitrogens with one attached hydrogen (secondary N) is 1. The second-order valence-electron chi connectivity index (χ2n) is 3.72. The lowest BCUT2D eigenvalue weighted by Crippen LogP contribution is -2.22. The molecule has 0 spiro atoms. The second-order valence-corrected chi connectivity index (χ2v) is 4.64. The highest BCUT2D eigenvalue weighted by Gasteiger charge is 2.15. The molecule has 0 aliphatic heterocycles. The molecule has 0 aliphatic carbocycles. The Morgan fingerprint density at radius 3 is 2.75 bits per heavy atom. The van der Waals surface area contributed by atoms with Gasteiger partial charge in [0.2, 0.25) is 0 Å². The van der Waals surface area contributed by atoms with E-state index in [0.717, 1.165) is 27.9 Å². The first-order valence-corrected chi connectivity index (χ1v) is 6.11. The normalized spacial score (nSPS) is 12.2. The second kappa shape index (κ2) is 6.06. The predicted octanol–water partition coefficient (Wildman–Crippen LogP) is 3.68. The fourth-order valence-electron chi connectivity index (χ4n) is 1.68. The lowest BCUT2D eigenvalue weighted by atomic mass is 10.00. The summed E-state index contributed by atoms with van der Waals surface area (Å²) >= 11 is 3.44. The molecule has 1 atom stereocenters. The number of ether oxygens (including phenoxy) is 1. The van der Waals surface area contributed by atoms with Gasteiger partial charge in [-0.2, -0.15) is 0 Å². The molecule has 0 amide bonds. The zero-order chi connectivity index (χ0) is 12.1. The highest BCUT2D eigenvalue weighted by Crippen LogP contribution is 2.31. The van der Waals surface area contributed by atoms with Crippen molar-refractivity contribution in [3.8, 4) is 5.75 Å². The first-order chi connectivity index (χ1) is 7.60. The molecule has 1 aromatic rings. The molecule has 0 fully saturated rings. The number of benzene rings is 1. The van der Waals surface area contributed by atoms with Crippen LogP contribution in [-0.4, -0.2) is 13.7 Å². The van der Waals surface area contributed by atoms with Crippen LogP contribution in [0.2, 0.25) is 0 Å². The van der Waals surface area contributed by atoms with Crippen molar-refractivity contribution in [3.63, 3.8) is 0 Å². The maximum absolute atomic E-state index is 5.39. The maximum Gasteiger partial charge on any atom is 0.125 e. The average Bonchev–Trinajstić information content (AvgIpc) is 2.26. The van der Waals surface area contributed by atoms with Crippen LogP contribution in [0.25, 0.3) is 0 Å². The number of methoxy groups -OCH3 is 1. The highest BCUT2D eigenvalue weighted by atomic mass is 79.9. The molecule has 16 heavy (non-hydrogen) atoms. The van der Waals surface area contributed by atoms with Crippen molar-refractivity contribution in [2.24, 2.45) is 0 Å². The first kappa shape index (κ1) is 13.3. The SMILES string of the molecule is C=C(C)C(NCC)c1ccc(Br)cc1OC. The number of rotatable bonds is 5. The molecular weight excluding hydrogens is 266 g/mol. The van der Waals surface area contributed by atoms with E-state index in [2.05, 4.69) is 40.8 Å². The summed E-state index contributed by atoms with van der Waals surface area (Å²) in [5.74, 6) is 0.878. The maximum atomic E-state index is 5.39. The highest BCUT2D eigenvalue weighted by molar-refractivity contribution is 9.10. The number of likely N-dealkylation sites (N-methyl/N-ethyl adjacent to an activating group) is 1. The van der Waals surface area contributed by atoms with Crippen molar-refractivity contribution in [1.29, 1.82) is 0 Å². The summed E-state index contributed by atoms with van der Waals surface area (Å²) in [6, 6.07) is 6.20. The summed E-state index contributed by atoms with van der Waals surface area (Å²) in [6.07, 6.45) is 0. The van der Waals surface area contributed by atoms with E-state index in [0.29, 0.717) is 0 Å². The van der Waals surface area contributed by atoms with Gasteiger partial charge in [-0.3, -0.25) is 0 Å². The van der Waals surface area contributed by atoms with Crippen molar-refractivity contribution in [2.75, 3.05) is 13.7 Å². The Bertz CT molecular complexity index is 376. The Balaban J connectivity index is 3.12. The zero-order valence-electron chi connectivity index (χ0n) is 10.0. The third-order valence-corrected chi connectivity index (χ3v) is 2.90. The van der Waals surface area contributed by atoms with Gasteiger partial charge in [0.25, 0.3) is 0 Å². The van der Waals surface area contributed by atoms with Crippen molar-refractivity contribution >= 4 is 15.9 Å². The lowest BCUT2D eigenvalue weighted by molar-refractivity contribution is 0.403. The minimum absolute atomic E-state index is 0.146. The van der Waals surface area contributed by atoms with E-state index in [1.54, 1.807) is 7.11 Å². The molecule has 0 bridgehead atoms.